The summed E-state index contributed by atoms with van der Waals surface area (Å²) in [5.74, 6) is 2.25. The Morgan fingerprint density at radius 1 is 1.38 bits per heavy atom. The lowest BCUT2D eigenvalue weighted by molar-refractivity contribution is -0.0802. The highest BCUT2D eigenvalue weighted by Gasteiger charge is 2.31. The highest BCUT2D eigenvalue weighted by Crippen LogP contribution is 2.30. The van der Waals surface area contributed by atoms with Gasteiger partial charge in [-0.05, 0) is 64.8 Å². The van der Waals surface area contributed by atoms with Crippen LogP contribution in [0.1, 0.15) is 58.6 Å². The van der Waals surface area contributed by atoms with E-state index in [1.54, 1.807) is 6.26 Å². The van der Waals surface area contributed by atoms with E-state index < -0.39 is 0 Å². The number of furan rings is 1. The fraction of sp³-hybridized carbons (Fsp3) is 0.778. The predicted octanol–water partition coefficient (Wildman–Crippen LogP) is 4.30. The van der Waals surface area contributed by atoms with Crippen LogP contribution in [0, 0.1) is 5.92 Å². The fourth-order valence-corrected chi connectivity index (χ4v) is 3.41. The molecule has 0 amide bonds. The summed E-state index contributed by atoms with van der Waals surface area (Å²) >= 11 is 0. The first kappa shape index (κ1) is 16.6. The van der Waals surface area contributed by atoms with Gasteiger partial charge >= 0.3 is 0 Å². The lowest BCUT2D eigenvalue weighted by atomic mass is 9.89. The Labute approximate surface area is 129 Å². The van der Waals surface area contributed by atoms with E-state index in [1.165, 1.54) is 0 Å². The fourth-order valence-electron chi connectivity index (χ4n) is 3.41. The van der Waals surface area contributed by atoms with Crippen molar-refractivity contribution in [3.63, 3.8) is 0 Å². The van der Waals surface area contributed by atoms with E-state index in [9.17, 15) is 0 Å². The Hall–Kier alpha value is -0.800. The highest BCUT2D eigenvalue weighted by atomic mass is 16.5. The van der Waals surface area contributed by atoms with Crippen molar-refractivity contribution < 1.29 is 9.15 Å². The summed E-state index contributed by atoms with van der Waals surface area (Å²) < 4.78 is 11.5. The summed E-state index contributed by atoms with van der Waals surface area (Å²) in [7, 11) is 2.26. The third kappa shape index (κ3) is 4.58. The van der Waals surface area contributed by atoms with Crippen molar-refractivity contribution in [1.82, 2.24) is 4.90 Å². The smallest absolute Gasteiger partial charge is 0.107 e. The molecule has 0 N–H and O–H groups in total. The van der Waals surface area contributed by atoms with Crippen LogP contribution in [0.5, 0.6) is 0 Å². The summed E-state index contributed by atoms with van der Waals surface area (Å²) in [4.78, 5) is 2.52. The maximum Gasteiger partial charge on any atom is 0.107 e. The summed E-state index contributed by atoms with van der Waals surface area (Å²) in [5, 5.41) is 0. The largest absolute Gasteiger partial charge is 0.469 e. The molecular weight excluding hydrogens is 262 g/mol. The summed E-state index contributed by atoms with van der Waals surface area (Å²) in [6.07, 6.45) is 5.21. The molecule has 0 bridgehead atoms. The van der Waals surface area contributed by atoms with Crippen LogP contribution in [0.25, 0.3) is 0 Å². The standard InChI is InChI=1S/C18H31NO2/c1-14(2)16(17-7-6-11-20-17)8-10-19(5)15-9-12-21-18(3,4)13-15/h6-7,11,14-16H,8-10,12-13H2,1-5H3/t15-,16-/m0/s1. The molecule has 1 fully saturated rings. The normalized spacial score (nSPS) is 23.7. The van der Waals surface area contributed by atoms with Gasteiger partial charge in [-0.1, -0.05) is 13.8 Å². The van der Waals surface area contributed by atoms with E-state index in [0.29, 0.717) is 17.9 Å². The minimum absolute atomic E-state index is 0.0234. The monoisotopic (exact) mass is 293 g/mol. The number of nitrogens with zero attached hydrogens (tertiary/aromatic N) is 1. The molecule has 120 valence electrons. The maximum atomic E-state index is 5.83. The second-order valence-corrected chi connectivity index (χ2v) is 7.39. The zero-order valence-corrected chi connectivity index (χ0v) is 14.3. The first-order chi connectivity index (χ1) is 9.89. The molecule has 1 aromatic rings. The minimum Gasteiger partial charge on any atom is -0.469 e. The van der Waals surface area contributed by atoms with E-state index in [2.05, 4.69) is 45.7 Å². The second-order valence-electron chi connectivity index (χ2n) is 7.39. The molecule has 1 aromatic heterocycles. The molecule has 1 saturated heterocycles. The van der Waals surface area contributed by atoms with Crippen molar-refractivity contribution in [1.29, 1.82) is 0 Å². The quantitative estimate of drug-likeness (QED) is 0.782. The molecular formula is C18H31NO2. The van der Waals surface area contributed by atoms with E-state index in [1.807, 2.05) is 6.07 Å². The van der Waals surface area contributed by atoms with Gasteiger partial charge in [0, 0.05) is 18.6 Å². The summed E-state index contributed by atoms with van der Waals surface area (Å²) in [6, 6.07) is 4.75. The molecule has 1 aliphatic heterocycles. The van der Waals surface area contributed by atoms with E-state index >= 15 is 0 Å². The first-order valence-electron chi connectivity index (χ1n) is 8.26. The minimum atomic E-state index is 0.0234. The second kappa shape index (κ2) is 6.97. The number of hydrogen-bond donors (Lipinski definition) is 0. The molecule has 3 nitrogen and oxygen atoms in total. The van der Waals surface area contributed by atoms with Crippen LogP contribution in [0.4, 0.5) is 0 Å². The lowest BCUT2D eigenvalue weighted by Gasteiger charge is -2.40. The van der Waals surface area contributed by atoms with Gasteiger partial charge in [0.25, 0.3) is 0 Å². The molecule has 21 heavy (non-hydrogen) atoms. The Kier molecular flexibility index (Phi) is 5.50. The highest BCUT2D eigenvalue weighted by molar-refractivity contribution is 5.06. The summed E-state index contributed by atoms with van der Waals surface area (Å²) in [6.45, 7) is 11.0. The molecule has 0 radical (unpaired) electrons. The zero-order chi connectivity index (χ0) is 15.5. The van der Waals surface area contributed by atoms with Crippen molar-refractivity contribution in [2.75, 3.05) is 20.2 Å². The third-order valence-corrected chi connectivity index (χ3v) is 4.80. The van der Waals surface area contributed by atoms with Gasteiger partial charge in [-0.3, -0.25) is 0 Å². The predicted molar refractivity (Wildman–Crippen MR) is 86.6 cm³/mol. The molecule has 2 rings (SSSR count). The van der Waals surface area contributed by atoms with Crippen LogP contribution in [0.15, 0.2) is 22.8 Å². The molecule has 1 aliphatic rings. The van der Waals surface area contributed by atoms with E-state index in [-0.39, 0.29) is 5.60 Å². The van der Waals surface area contributed by atoms with Crippen molar-refractivity contribution in [2.45, 2.75) is 64.5 Å². The first-order valence-corrected chi connectivity index (χ1v) is 8.26. The van der Waals surface area contributed by atoms with Gasteiger partial charge < -0.3 is 14.1 Å². The summed E-state index contributed by atoms with van der Waals surface area (Å²) in [5.41, 5.74) is 0.0234. The van der Waals surface area contributed by atoms with Crippen molar-refractivity contribution in [3.8, 4) is 0 Å². The van der Waals surface area contributed by atoms with Crippen LogP contribution in [0.3, 0.4) is 0 Å². The molecule has 0 spiro atoms. The van der Waals surface area contributed by atoms with Crippen LogP contribution in [-0.2, 0) is 4.74 Å². The SMILES string of the molecule is CC(C)[C@H](CCN(C)[C@H]1CCOC(C)(C)C1)c1ccco1. The third-order valence-electron chi connectivity index (χ3n) is 4.80. The number of rotatable bonds is 6. The zero-order valence-electron chi connectivity index (χ0n) is 14.3. The molecule has 0 saturated carbocycles. The number of hydrogen-bond acceptors (Lipinski definition) is 3. The average Bonchev–Trinajstić information content (AvgIpc) is 2.91. The van der Waals surface area contributed by atoms with Gasteiger partial charge in [0.1, 0.15) is 5.76 Å². The lowest BCUT2D eigenvalue weighted by Crippen LogP contribution is -2.45. The molecule has 0 aliphatic carbocycles. The van der Waals surface area contributed by atoms with Crippen LogP contribution in [0.2, 0.25) is 0 Å². The van der Waals surface area contributed by atoms with Crippen molar-refractivity contribution in [2.24, 2.45) is 5.92 Å². The van der Waals surface area contributed by atoms with E-state index in [4.69, 9.17) is 9.15 Å². The van der Waals surface area contributed by atoms with Gasteiger partial charge in [0.05, 0.1) is 11.9 Å². The van der Waals surface area contributed by atoms with Crippen molar-refractivity contribution >= 4 is 0 Å². The van der Waals surface area contributed by atoms with Crippen LogP contribution in [-0.4, -0.2) is 36.7 Å². The van der Waals surface area contributed by atoms with Gasteiger partial charge in [-0.25, -0.2) is 0 Å². The number of ether oxygens (including phenoxy) is 1. The molecule has 2 heterocycles. The maximum absolute atomic E-state index is 5.83. The molecule has 3 heteroatoms. The topological polar surface area (TPSA) is 25.6 Å². The van der Waals surface area contributed by atoms with Gasteiger partial charge in [-0.2, -0.15) is 0 Å². The van der Waals surface area contributed by atoms with Gasteiger partial charge in [-0.15, -0.1) is 0 Å². The van der Waals surface area contributed by atoms with Crippen LogP contribution >= 0.6 is 0 Å². The Bertz CT molecular complexity index is 411. The average molecular weight is 293 g/mol. The van der Waals surface area contributed by atoms with Gasteiger partial charge in [0.15, 0.2) is 0 Å². The van der Waals surface area contributed by atoms with Gasteiger partial charge in [0.2, 0.25) is 0 Å². The molecule has 2 atom stereocenters. The molecule has 0 aromatic carbocycles. The Balaban J connectivity index is 1.88. The Morgan fingerprint density at radius 3 is 2.71 bits per heavy atom. The van der Waals surface area contributed by atoms with E-state index in [0.717, 1.165) is 38.2 Å². The molecule has 0 unspecified atom stereocenters. The van der Waals surface area contributed by atoms with Crippen molar-refractivity contribution in [3.05, 3.63) is 24.2 Å². The van der Waals surface area contributed by atoms with Crippen LogP contribution < -0.4 is 0 Å². The Morgan fingerprint density at radius 2 is 2.14 bits per heavy atom.